The van der Waals surface area contributed by atoms with Crippen molar-refractivity contribution in [2.75, 3.05) is 0 Å². The first-order valence-electron chi connectivity index (χ1n) is 3.76. The third-order valence-electron chi connectivity index (χ3n) is 1.16. The van der Waals surface area contributed by atoms with E-state index >= 15 is 0 Å². The van der Waals surface area contributed by atoms with Gasteiger partial charge in [-0.15, -0.1) is 0 Å². The lowest BCUT2D eigenvalue weighted by Gasteiger charge is -1.93. The monoisotopic (exact) mass is 252 g/mol. The van der Waals surface area contributed by atoms with Gasteiger partial charge >= 0.3 is 12.1 Å². The highest BCUT2D eigenvalue weighted by atomic mass is 32.1. The van der Waals surface area contributed by atoms with E-state index in [1.807, 2.05) is 12.1 Å². The largest absolute Gasteiger partial charge is 0.490 e. The molecule has 0 atom stereocenters. The summed E-state index contributed by atoms with van der Waals surface area (Å²) in [6.45, 7) is 0. The van der Waals surface area contributed by atoms with Crippen molar-refractivity contribution in [3.63, 3.8) is 0 Å². The summed E-state index contributed by atoms with van der Waals surface area (Å²) in [5, 5.41) is 7.12. The predicted molar refractivity (Wildman–Crippen MR) is 53.8 cm³/mol. The van der Waals surface area contributed by atoms with Gasteiger partial charge in [0.15, 0.2) is 0 Å². The van der Waals surface area contributed by atoms with Crippen molar-refractivity contribution in [1.82, 2.24) is 4.98 Å². The summed E-state index contributed by atoms with van der Waals surface area (Å²) in [5.74, 6) is -2.76. The van der Waals surface area contributed by atoms with Gasteiger partial charge < -0.3 is 10.8 Å². The van der Waals surface area contributed by atoms with Gasteiger partial charge in [0.1, 0.15) is 4.99 Å². The van der Waals surface area contributed by atoms with Crippen LogP contribution >= 0.6 is 12.2 Å². The van der Waals surface area contributed by atoms with Crippen LogP contribution < -0.4 is 5.73 Å². The number of alkyl halides is 3. The summed E-state index contributed by atoms with van der Waals surface area (Å²) in [6.07, 6.45) is -3.42. The molecule has 4 nitrogen and oxygen atoms in total. The first kappa shape index (κ1) is 14.3. The second-order valence-corrected chi connectivity index (χ2v) is 2.82. The van der Waals surface area contributed by atoms with E-state index in [9.17, 15) is 13.2 Å². The van der Waals surface area contributed by atoms with Crippen molar-refractivity contribution in [3.05, 3.63) is 30.1 Å². The standard InChI is InChI=1S/C6H6N2S.C2HF3O2/c7-6(9)5-3-1-2-4-8-5;3-2(4,5)1(6)7/h1-4H,(H2,7,9);(H,6,7). The Morgan fingerprint density at radius 2 is 1.94 bits per heavy atom. The second-order valence-electron chi connectivity index (χ2n) is 2.38. The van der Waals surface area contributed by atoms with Gasteiger partial charge in [-0.05, 0) is 12.1 Å². The Balaban J connectivity index is 0.000000293. The average Bonchev–Trinajstić information content (AvgIpc) is 2.18. The van der Waals surface area contributed by atoms with Crippen molar-refractivity contribution in [2.24, 2.45) is 5.73 Å². The van der Waals surface area contributed by atoms with Crippen molar-refractivity contribution in [3.8, 4) is 0 Å². The zero-order chi connectivity index (χ0) is 12.8. The molecule has 1 heterocycles. The number of thiocarbonyl (C=S) groups is 1. The van der Waals surface area contributed by atoms with Crippen LogP contribution in [0.2, 0.25) is 0 Å². The lowest BCUT2D eigenvalue weighted by atomic mass is 10.4. The van der Waals surface area contributed by atoms with Crippen molar-refractivity contribution < 1.29 is 23.1 Å². The van der Waals surface area contributed by atoms with Crippen molar-refractivity contribution in [2.45, 2.75) is 6.18 Å². The number of carboxylic acids is 1. The normalized spacial score (nSPS) is 9.94. The van der Waals surface area contributed by atoms with Gasteiger partial charge in [-0.1, -0.05) is 18.3 Å². The van der Waals surface area contributed by atoms with E-state index in [0.717, 1.165) is 0 Å². The van der Waals surface area contributed by atoms with Crippen LogP contribution in [-0.4, -0.2) is 27.2 Å². The molecular weight excluding hydrogens is 245 g/mol. The Morgan fingerprint density at radius 1 is 1.44 bits per heavy atom. The summed E-state index contributed by atoms with van der Waals surface area (Å²) in [5.41, 5.74) is 5.96. The van der Waals surface area contributed by atoms with Crippen LogP contribution in [0.15, 0.2) is 24.4 Å². The Morgan fingerprint density at radius 3 is 2.12 bits per heavy atom. The minimum atomic E-state index is -5.08. The van der Waals surface area contributed by atoms with Gasteiger partial charge in [0, 0.05) is 6.20 Å². The molecule has 0 saturated heterocycles. The number of halogens is 3. The molecule has 8 heteroatoms. The quantitative estimate of drug-likeness (QED) is 0.738. The van der Waals surface area contributed by atoms with Crippen LogP contribution in [-0.2, 0) is 4.79 Å². The van der Waals surface area contributed by atoms with E-state index in [1.54, 1.807) is 12.3 Å². The van der Waals surface area contributed by atoms with Crippen LogP contribution in [0.25, 0.3) is 0 Å². The number of rotatable bonds is 1. The molecule has 0 aliphatic heterocycles. The highest BCUT2D eigenvalue weighted by molar-refractivity contribution is 7.80. The van der Waals surface area contributed by atoms with E-state index in [2.05, 4.69) is 17.2 Å². The van der Waals surface area contributed by atoms with Crippen LogP contribution in [0.3, 0.4) is 0 Å². The fraction of sp³-hybridized carbons (Fsp3) is 0.125. The highest BCUT2D eigenvalue weighted by Gasteiger charge is 2.38. The maximum atomic E-state index is 10.6. The van der Waals surface area contributed by atoms with Gasteiger partial charge in [0.05, 0.1) is 5.69 Å². The molecule has 16 heavy (non-hydrogen) atoms. The maximum absolute atomic E-state index is 10.6. The third kappa shape index (κ3) is 5.91. The van der Waals surface area contributed by atoms with E-state index in [-0.39, 0.29) is 0 Å². The van der Waals surface area contributed by atoms with E-state index < -0.39 is 12.1 Å². The summed E-state index contributed by atoms with van der Waals surface area (Å²) >= 11 is 4.68. The molecule has 1 aromatic rings. The molecule has 0 spiro atoms. The number of aromatic nitrogens is 1. The highest BCUT2D eigenvalue weighted by Crippen LogP contribution is 2.13. The van der Waals surface area contributed by atoms with Crippen LogP contribution in [0.1, 0.15) is 5.69 Å². The first-order valence-corrected chi connectivity index (χ1v) is 4.17. The molecule has 0 amide bonds. The molecule has 3 N–H and O–H groups in total. The first-order chi connectivity index (χ1) is 7.25. The molecule has 0 aromatic carbocycles. The molecule has 0 bridgehead atoms. The molecular formula is C8H7F3N2O2S. The number of nitrogens with zero attached hydrogens (tertiary/aromatic N) is 1. The summed E-state index contributed by atoms with van der Waals surface area (Å²) in [6, 6.07) is 5.45. The number of hydrogen-bond acceptors (Lipinski definition) is 3. The van der Waals surface area contributed by atoms with E-state index in [1.165, 1.54) is 0 Å². The third-order valence-corrected chi connectivity index (χ3v) is 1.37. The molecule has 1 rings (SSSR count). The molecule has 0 radical (unpaired) electrons. The lowest BCUT2D eigenvalue weighted by Crippen LogP contribution is -2.21. The van der Waals surface area contributed by atoms with Crippen molar-refractivity contribution in [1.29, 1.82) is 0 Å². The molecule has 1 aromatic heterocycles. The Labute approximate surface area is 93.9 Å². The van der Waals surface area contributed by atoms with Gasteiger partial charge in [-0.3, -0.25) is 4.98 Å². The maximum Gasteiger partial charge on any atom is 0.490 e. The number of hydrogen-bond donors (Lipinski definition) is 2. The molecule has 0 saturated carbocycles. The molecule has 0 unspecified atom stereocenters. The van der Waals surface area contributed by atoms with Gasteiger partial charge in [-0.2, -0.15) is 13.2 Å². The number of aliphatic carboxylic acids is 1. The predicted octanol–water partition coefficient (Wildman–Crippen LogP) is 1.35. The molecule has 0 aliphatic carbocycles. The summed E-state index contributed by atoms with van der Waals surface area (Å²) in [4.78, 5) is 13.2. The lowest BCUT2D eigenvalue weighted by molar-refractivity contribution is -0.192. The van der Waals surface area contributed by atoms with Crippen LogP contribution in [0.4, 0.5) is 13.2 Å². The average molecular weight is 252 g/mol. The zero-order valence-corrected chi connectivity index (χ0v) is 8.55. The Kier molecular flexibility index (Phi) is 5.37. The minimum absolute atomic E-state index is 0.343. The van der Waals surface area contributed by atoms with Crippen LogP contribution in [0.5, 0.6) is 0 Å². The van der Waals surface area contributed by atoms with Gasteiger partial charge in [-0.25, -0.2) is 4.79 Å². The van der Waals surface area contributed by atoms with E-state index in [4.69, 9.17) is 15.6 Å². The molecule has 0 aliphatic rings. The summed E-state index contributed by atoms with van der Waals surface area (Å²) < 4.78 is 31.7. The summed E-state index contributed by atoms with van der Waals surface area (Å²) in [7, 11) is 0. The fourth-order valence-corrected chi connectivity index (χ4v) is 0.629. The smallest absolute Gasteiger partial charge is 0.475 e. The number of nitrogens with two attached hydrogens (primary N) is 1. The van der Waals surface area contributed by atoms with Gasteiger partial charge in [0.2, 0.25) is 0 Å². The fourth-order valence-electron chi connectivity index (χ4n) is 0.509. The molecule has 88 valence electrons. The number of carboxylic acid groups (broad SMARTS) is 1. The minimum Gasteiger partial charge on any atom is -0.475 e. The van der Waals surface area contributed by atoms with Crippen LogP contribution in [0, 0.1) is 0 Å². The second kappa shape index (κ2) is 6.01. The Bertz CT molecular complexity index is 367. The SMILES string of the molecule is NC(=S)c1ccccn1.O=C(O)C(F)(F)F. The van der Waals surface area contributed by atoms with E-state index in [0.29, 0.717) is 10.7 Å². The van der Waals surface area contributed by atoms with Crippen molar-refractivity contribution >= 4 is 23.2 Å². The number of pyridine rings is 1. The van der Waals surface area contributed by atoms with Gasteiger partial charge in [0.25, 0.3) is 0 Å². The zero-order valence-electron chi connectivity index (χ0n) is 7.73. The topological polar surface area (TPSA) is 76.2 Å². The number of carbonyl (C=O) groups is 1. The Hall–Kier alpha value is -1.70. The molecule has 0 fully saturated rings.